The molecule has 0 spiro atoms. The fourth-order valence-corrected chi connectivity index (χ4v) is 2.47. The van der Waals surface area contributed by atoms with Crippen LogP contribution >= 0.6 is 0 Å². The predicted molar refractivity (Wildman–Crippen MR) is 78.2 cm³/mol. The number of aliphatic hydroxyl groups is 1. The largest absolute Gasteiger partial charge is 0.490 e. The summed E-state index contributed by atoms with van der Waals surface area (Å²) < 4.78 is 49.4. The van der Waals surface area contributed by atoms with Crippen molar-refractivity contribution in [3.8, 4) is 11.5 Å². The number of rotatable bonds is 4. The van der Waals surface area contributed by atoms with E-state index in [9.17, 15) is 23.1 Å². The zero-order valence-corrected chi connectivity index (χ0v) is 12.3. The molecule has 2 aromatic rings. The molecule has 126 valence electrons. The van der Waals surface area contributed by atoms with Gasteiger partial charge in [0.1, 0.15) is 24.2 Å². The molecule has 0 saturated carbocycles. The molecule has 1 aliphatic heterocycles. The van der Waals surface area contributed by atoms with Gasteiger partial charge in [-0.2, -0.15) is 13.2 Å². The highest BCUT2D eigenvalue weighted by molar-refractivity contribution is 6.02. The molecule has 0 aliphatic carbocycles. The topological polar surface area (TPSA) is 55.8 Å². The Morgan fingerprint density at radius 3 is 2.71 bits per heavy atom. The maximum atomic E-state index is 13.0. The van der Waals surface area contributed by atoms with Gasteiger partial charge < -0.3 is 14.6 Å². The normalized spacial score (nSPS) is 14.9. The van der Waals surface area contributed by atoms with Gasteiger partial charge in [-0.15, -0.1) is 0 Å². The summed E-state index contributed by atoms with van der Waals surface area (Å²) in [5.41, 5.74) is -0.716. The number of aliphatic hydroxyl groups excluding tert-OH is 1. The third kappa shape index (κ3) is 3.21. The molecule has 1 unspecified atom stereocenters. The number of carbonyl (C=O) groups is 1. The van der Waals surface area contributed by atoms with Crippen molar-refractivity contribution in [2.24, 2.45) is 0 Å². The Morgan fingerprint density at radius 1 is 1.21 bits per heavy atom. The number of halogens is 3. The molecule has 0 amide bonds. The van der Waals surface area contributed by atoms with Gasteiger partial charge in [0.05, 0.1) is 11.1 Å². The second-order valence-electron chi connectivity index (χ2n) is 5.28. The quantitative estimate of drug-likeness (QED) is 0.928. The molecule has 0 aromatic heterocycles. The number of fused-ring (bicyclic) bond motifs is 1. The van der Waals surface area contributed by atoms with Crippen molar-refractivity contribution < 1.29 is 32.5 Å². The van der Waals surface area contributed by atoms with Crippen molar-refractivity contribution in [2.45, 2.75) is 12.3 Å². The van der Waals surface area contributed by atoms with Crippen LogP contribution in [0.25, 0.3) is 0 Å². The summed E-state index contributed by atoms with van der Waals surface area (Å²) in [6.07, 6.45) is -6.00. The molecule has 1 N–H and O–H groups in total. The third-order valence-corrected chi connectivity index (χ3v) is 3.65. The van der Waals surface area contributed by atoms with Crippen molar-refractivity contribution in [2.75, 3.05) is 13.2 Å². The van der Waals surface area contributed by atoms with Crippen LogP contribution in [0.15, 0.2) is 42.5 Å². The van der Waals surface area contributed by atoms with Crippen molar-refractivity contribution >= 4 is 5.78 Å². The lowest BCUT2D eigenvalue weighted by Crippen LogP contribution is -2.16. The van der Waals surface area contributed by atoms with Gasteiger partial charge in [0.15, 0.2) is 6.61 Å². The smallest absolute Gasteiger partial charge is 0.416 e. The Bertz CT molecular complexity index is 771. The minimum absolute atomic E-state index is 0.0413. The zero-order chi connectivity index (χ0) is 17.3. The summed E-state index contributed by atoms with van der Waals surface area (Å²) in [6, 6.07) is 9.30. The van der Waals surface area contributed by atoms with Gasteiger partial charge in [-0.1, -0.05) is 18.2 Å². The Kier molecular flexibility index (Phi) is 4.19. The van der Waals surface area contributed by atoms with E-state index in [0.29, 0.717) is 17.1 Å². The van der Waals surface area contributed by atoms with E-state index in [2.05, 4.69) is 0 Å². The summed E-state index contributed by atoms with van der Waals surface area (Å²) in [5, 5.41) is 10.1. The number of benzene rings is 2. The molecule has 1 heterocycles. The van der Waals surface area contributed by atoms with Gasteiger partial charge in [0.25, 0.3) is 0 Å². The Hall–Kier alpha value is -2.54. The van der Waals surface area contributed by atoms with E-state index in [1.807, 2.05) is 0 Å². The molecule has 1 atom stereocenters. The fourth-order valence-electron chi connectivity index (χ4n) is 2.47. The number of alkyl halides is 3. The molecular formula is C17H13F3O4. The van der Waals surface area contributed by atoms with Crippen molar-refractivity contribution in [1.29, 1.82) is 0 Å². The second-order valence-corrected chi connectivity index (χ2v) is 5.28. The van der Waals surface area contributed by atoms with Gasteiger partial charge in [-0.3, -0.25) is 4.79 Å². The van der Waals surface area contributed by atoms with Gasteiger partial charge in [-0.25, -0.2) is 0 Å². The molecule has 7 heteroatoms. The van der Waals surface area contributed by atoms with Crippen LogP contribution in [0.4, 0.5) is 13.2 Å². The highest BCUT2D eigenvalue weighted by Gasteiger charge is 2.34. The second kappa shape index (κ2) is 6.16. The van der Waals surface area contributed by atoms with Crippen LogP contribution < -0.4 is 9.47 Å². The number of ether oxygens (including phenoxy) is 2. The van der Waals surface area contributed by atoms with Crippen LogP contribution in [-0.2, 0) is 6.18 Å². The van der Waals surface area contributed by atoms with Crippen LogP contribution in [0, 0.1) is 0 Å². The maximum absolute atomic E-state index is 13.0. The van der Waals surface area contributed by atoms with Gasteiger partial charge in [0.2, 0.25) is 5.78 Å². The number of ketones is 1. The molecule has 0 radical (unpaired) electrons. The zero-order valence-electron chi connectivity index (χ0n) is 12.3. The van der Waals surface area contributed by atoms with E-state index in [1.54, 1.807) is 0 Å². The minimum Gasteiger partial charge on any atom is -0.490 e. The molecule has 4 nitrogen and oxygen atoms in total. The molecular weight excluding hydrogens is 325 g/mol. The van der Waals surface area contributed by atoms with E-state index < -0.39 is 17.8 Å². The number of Topliss-reactive ketones (excluding diaryl/α,β-unsaturated/α-hetero) is 1. The lowest BCUT2D eigenvalue weighted by molar-refractivity contribution is -0.139. The molecule has 1 aliphatic rings. The van der Waals surface area contributed by atoms with E-state index in [4.69, 9.17) is 9.47 Å². The first-order valence-electron chi connectivity index (χ1n) is 7.13. The van der Waals surface area contributed by atoms with E-state index >= 15 is 0 Å². The van der Waals surface area contributed by atoms with Crippen LogP contribution in [-0.4, -0.2) is 24.1 Å². The SMILES string of the molecule is O=C1COc2cc(OCC(O)c3ccccc3C(F)(F)F)ccc21. The molecule has 0 fully saturated rings. The van der Waals surface area contributed by atoms with Gasteiger partial charge in [-0.05, 0) is 23.8 Å². The first-order valence-corrected chi connectivity index (χ1v) is 7.13. The average Bonchev–Trinajstić information content (AvgIpc) is 2.92. The van der Waals surface area contributed by atoms with Gasteiger partial charge in [0, 0.05) is 6.07 Å². The highest BCUT2D eigenvalue weighted by atomic mass is 19.4. The predicted octanol–water partition coefficient (Wildman–Crippen LogP) is 3.39. The van der Waals surface area contributed by atoms with Crippen LogP contribution in [0.3, 0.4) is 0 Å². The van der Waals surface area contributed by atoms with E-state index in [-0.39, 0.29) is 24.6 Å². The van der Waals surface area contributed by atoms with E-state index in [0.717, 1.165) is 6.07 Å². The van der Waals surface area contributed by atoms with Crippen molar-refractivity contribution in [3.63, 3.8) is 0 Å². The summed E-state index contributed by atoms with van der Waals surface area (Å²) >= 11 is 0. The maximum Gasteiger partial charge on any atom is 0.416 e. The number of carbonyl (C=O) groups excluding carboxylic acids is 1. The third-order valence-electron chi connectivity index (χ3n) is 3.65. The molecule has 2 aromatic carbocycles. The van der Waals surface area contributed by atoms with Crippen molar-refractivity contribution in [3.05, 3.63) is 59.2 Å². The number of hydrogen-bond acceptors (Lipinski definition) is 4. The first-order chi connectivity index (χ1) is 11.4. The average molecular weight is 338 g/mol. The Balaban J connectivity index is 1.73. The first kappa shape index (κ1) is 16.3. The summed E-state index contributed by atoms with van der Waals surface area (Å²) in [6.45, 7) is -0.403. The molecule has 0 saturated heterocycles. The molecule has 24 heavy (non-hydrogen) atoms. The monoisotopic (exact) mass is 338 g/mol. The Labute approximate surface area is 135 Å². The fraction of sp³-hybridized carbons (Fsp3) is 0.235. The molecule has 0 bridgehead atoms. The summed E-state index contributed by atoms with van der Waals surface area (Å²) in [5.74, 6) is 0.519. The van der Waals surface area contributed by atoms with Crippen LogP contribution in [0.1, 0.15) is 27.6 Å². The summed E-state index contributed by atoms with van der Waals surface area (Å²) in [4.78, 5) is 11.4. The van der Waals surface area contributed by atoms with Gasteiger partial charge >= 0.3 is 6.18 Å². The summed E-state index contributed by atoms with van der Waals surface area (Å²) in [7, 11) is 0. The lowest BCUT2D eigenvalue weighted by Gasteiger charge is -2.18. The number of hydrogen-bond donors (Lipinski definition) is 1. The van der Waals surface area contributed by atoms with E-state index in [1.165, 1.54) is 36.4 Å². The highest BCUT2D eigenvalue weighted by Crippen LogP contribution is 2.35. The Morgan fingerprint density at radius 2 is 1.96 bits per heavy atom. The standard InChI is InChI=1S/C17H13F3O4/c18-17(19,20)13-4-2-1-3-11(13)14(21)8-23-10-5-6-12-15(22)9-24-16(12)7-10/h1-7,14,21H,8-9H2. The molecule has 3 rings (SSSR count). The van der Waals surface area contributed by atoms with Crippen molar-refractivity contribution in [1.82, 2.24) is 0 Å². The minimum atomic E-state index is -4.56. The lowest BCUT2D eigenvalue weighted by atomic mass is 10.0. The van der Waals surface area contributed by atoms with Crippen LogP contribution in [0.2, 0.25) is 0 Å². The van der Waals surface area contributed by atoms with Crippen LogP contribution in [0.5, 0.6) is 11.5 Å².